The Kier molecular flexibility index (Phi) is 6.40. The molecule has 2 aliphatic rings. The Balaban J connectivity index is 0.00000161. The molecule has 0 aliphatic carbocycles. The zero-order valence-electron chi connectivity index (χ0n) is 12.3. The fourth-order valence-electron chi connectivity index (χ4n) is 3.00. The Bertz CT molecular complexity index is 477. The molecule has 1 saturated heterocycles. The first kappa shape index (κ1) is 16.7. The van der Waals surface area contributed by atoms with E-state index in [1.165, 1.54) is 37.2 Å². The number of halogens is 1. The third kappa shape index (κ3) is 4.15. The topological polar surface area (TPSA) is 23.6 Å². The molecular formula is C16H23ClN2OS. The van der Waals surface area contributed by atoms with Crippen molar-refractivity contribution >= 4 is 35.8 Å². The molecule has 5 heteroatoms. The van der Waals surface area contributed by atoms with E-state index < -0.39 is 0 Å². The number of carbonyl (C=O) groups excluding carboxylic acids is 1. The summed E-state index contributed by atoms with van der Waals surface area (Å²) in [4.78, 5) is 18.2. The van der Waals surface area contributed by atoms with Gasteiger partial charge in [-0.1, -0.05) is 18.6 Å². The van der Waals surface area contributed by atoms with Crippen LogP contribution < -0.4 is 4.90 Å². The predicted octanol–water partition coefficient (Wildman–Crippen LogP) is 3.42. The summed E-state index contributed by atoms with van der Waals surface area (Å²) in [5.74, 6) is 1.29. The minimum absolute atomic E-state index is 0. The van der Waals surface area contributed by atoms with Gasteiger partial charge in [-0.3, -0.25) is 4.79 Å². The smallest absolute Gasteiger partial charge is 0.228 e. The molecule has 0 spiro atoms. The minimum atomic E-state index is 0. The normalized spacial score (nSPS) is 18.8. The van der Waals surface area contributed by atoms with E-state index in [1.807, 2.05) is 28.8 Å². The summed E-state index contributed by atoms with van der Waals surface area (Å²) in [6.07, 6.45) is 4.58. The van der Waals surface area contributed by atoms with Crippen LogP contribution in [0.15, 0.2) is 29.2 Å². The summed E-state index contributed by atoms with van der Waals surface area (Å²) in [6, 6.07) is 8.26. The van der Waals surface area contributed by atoms with E-state index in [0.717, 1.165) is 24.5 Å². The van der Waals surface area contributed by atoms with Gasteiger partial charge in [0.15, 0.2) is 0 Å². The molecule has 0 unspecified atom stereocenters. The van der Waals surface area contributed by atoms with Gasteiger partial charge >= 0.3 is 0 Å². The standard InChI is InChI=1S/C16H22N2OS.ClH/c19-16(8-11-17-9-4-1-5-10-17)18-12-13-20-15-7-3-2-6-14(15)18;/h2-3,6-7H,1,4-5,8-13H2;1H. The van der Waals surface area contributed by atoms with E-state index in [9.17, 15) is 4.79 Å². The minimum Gasteiger partial charge on any atom is -0.310 e. The number of rotatable bonds is 3. The summed E-state index contributed by atoms with van der Waals surface area (Å²) in [7, 11) is 0. The van der Waals surface area contributed by atoms with Gasteiger partial charge in [0.05, 0.1) is 5.69 Å². The van der Waals surface area contributed by atoms with Crippen LogP contribution >= 0.6 is 24.2 Å². The number of benzene rings is 1. The van der Waals surface area contributed by atoms with Gasteiger partial charge < -0.3 is 9.80 Å². The van der Waals surface area contributed by atoms with Crippen molar-refractivity contribution in [3.05, 3.63) is 24.3 Å². The Morgan fingerprint density at radius 1 is 1.10 bits per heavy atom. The summed E-state index contributed by atoms with van der Waals surface area (Å²) >= 11 is 1.85. The fraction of sp³-hybridized carbons (Fsp3) is 0.562. The first-order chi connectivity index (χ1) is 9.84. The molecule has 0 saturated carbocycles. The highest BCUT2D eigenvalue weighted by molar-refractivity contribution is 7.99. The van der Waals surface area contributed by atoms with Crippen LogP contribution in [-0.2, 0) is 4.79 Å². The summed E-state index contributed by atoms with van der Waals surface area (Å²) < 4.78 is 0. The van der Waals surface area contributed by atoms with E-state index in [1.54, 1.807) is 0 Å². The second-order valence-electron chi connectivity index (χ2n) is 5.51. The lowest BCUT2D eigenvalue weighted by Crippen LogP contribution is -2.38. The van der Waals surface area contributed by atoms with Gasteiger partial charge in [0.1, 0.15) is 0 Å². The number of para-hydroxylation sites is 1. The van der Waals surface area contributed by atoms with Gasteiger partial charge in [0.25, 0.3) is 0 Å². The van der Waals surface area contributed by atoms with Crippen molar-refractivity contribution in [3.63, 3.8) is 0 Å². The number of hydrogen-bond donors (Lipinski definition) is 0. The monoisotopic (exact) mass is 326 g/mol. The molecule has 3 nitrogen and oxygen atoms in total. The van der Waals surface area contributed by atoms with Crippen molar-refractivity contribution in [2.75, 3.05) is 36.8 Å². The van der Waals surface area contributed by atoms with Gasteiger partial charge in [-0.25, -0.2) is 0 Å². The van der Waals surface area contributed by atoms with Crippen molar-refractivity contribution in [2.45, 2.75) is 30.6 Å². The lowest BCUT2D eigenvalue weighted by Gasteiger charge is -2.31. The third-order valence-corrected chi connectivity index (χ3v) is 5.16. The van der Waals surface area contributed by atoms with Crippen LogP contribution in [0.5, 0.6) is 0 Å². The molecule has 2 aliphatic heterocycles. The lowest BCUT2D eigenvalue weighted by molar-refractivity contribution is -0.119. The fourth-order valence-corrected chi connectivity index (χ4v) is 4.00. The highest BCUT2D eigenvalue weighted by Crippen LogP contribution is 2.34. The maximum Gasteiger partial charge on any atom is 0.228 e. The summed E-state index contributed by atoms with van der Waals surface area (Å²) in [6.45, 7) is 4.10. The van der Waals surface area contributed by atoms with Crippen molar-refractivity contribution < 1.29 is 4.79 Å². The summed E-state index contributed by atoms with van der Waals surface area (Å²) in [5.41, 5.74) is 1.10. The van der Waals surface area contributed by atoms with Crippen LogP contribution in [0.1, 0.15) is 25.7 Å². The van der Waals surface area contributed by atoms with Gasteiger partial charge in [0, 0.05) is 30.2 Å². The van der Waals surface area contributed by atoms with Crippen molar-refractivity contribution in [1.82, 2.24) is 4.90 Å². The van der Waals surface area contributed by atoms with Crippen LogP contribution in [0.4, 0.5) is 5.69 Å². The number of nitrogens with zero attached hydrogens (tertiary/aromatic N) is 2. The molecule has 0 atom stereocenters. The molecule has 0 radical (unpaired) electrons. The zero-order valence-corrected chi connectivity index (χ0v) is 13.9. The maximum atomic E-state index is 12.5. The Labute approximate surface area is 137 Å². The number of fused-ring (bicyclic) bond motifs is 1. The number of amides is 1. The average Bonchev–Trinajstić information content (AvgIpc) is 2.53. The lowest BCUT2D eigenvalue weighted by atomic mass is 10.1. The molecule has 1 fully saturated rings. The van der Waals surface area contributed by atoms with Crippen LogP contribution in [0.3, 0.4) is 0 Å². The quantitative estimate of drug-likeness (QED) is 0.850. The number of likely N-dealkylation sites (tertiary alicyclic amines) is 1. The first-order valence-electron chi connectivity index (χ1n) is 7.59. The molecule has 2 heterocycles. The van der Waals surface area contributed by atoms with E-state index in [-0.39, 0.29) is 18.3 Å². The SMILES string of the molecule is Cl.O=C(CCN1CCCCC1)N1CCSc2ccccc21. The van der Waals surface area contributed by atoms with Gasteiger partial charge in [-0.05, 0) is 38.1 Å². The molecule has 116 valence electrons. The van der Waals surface area contributed by atoms with Crippen LogP contribution in [0.2, 0.25) is 0 Å². The summed E-state index contributed by atoms with van der Waals surface area (Å²) in [5, 5.41) is 0. The van der Waals surface area contributed by atoms with Gasteiger partial charge in [0.2, 0.25) is 5.91 Å². The van der Waals surface area contributed by atoms with E-state index >= 15 is 0 Å². The maximum absolute atomic E-state index is 12.5. The number of anilines is 1. The molecule has 3 rings (SSSR count). The third-order valence-electron chi connectivity index (χ3n) is 4.12. The molecule has 0 aromatic heterocycles. The van der Waals surface area contributed by atoms with Crippen LogP contribution in [-0.4, -0.2) is 42.7 Å². The largest absolute Gasteiger partial charge is 0.310 e. The van der Waals surface area contributed by atoms with Gasteiger partial charge in [-0.15, -0.1) is 24.2 Å². The molecule has 21 heavy (non-hydrogen) atoms. The highest BCUT2D eigenvalue weighted by Gasteiger charge is 2.23. The van der Waals surface area contributed by atoms with Crippen molar-refractivity contribution in [1.29, 1.82) is 0 Å². The Hall–Kier alpha value is -0.710. The number of carbonyl (C=O) groups is 1. The molecular weight excluding hydrogens is 304 g/mol. The second-order valence-corrected chi connectivity index (χ2v) is 6.65. The molecule has 1 aromatic rings. The number of thioether (sulfide) groups is 1. The Morgan fingerprint density at radius 2 is 1.86 bits per heavy atom. The molecule has 1 amide bonds. The first-order valence-corrected chi connectivity index (χ1v) is 8.58. The molecule has 0 bridgehead atoms. The van der Waals surface area contributed by atoms with Gasteiger partial charge in [-0.2, -0.15) is 0 Å². The van der Waals surface area contributed by atoms with E-state index in [2.05, 4.69) is 17.0 Å². The van der Waals surface area contributed by atoms with E-state index in [0.29, 0.717) is 6.42 Å². The predicted molar refractivity (Wildman–Crippen MR) is 91.7 cm³/mol. The molecule has 0 N–H and O–H groups in total. The zero-order chi connectivity index (χ0) is 13.8. The van der Waals surface area contributed by atoms with Crippen molar-refractivity contribution in [3.8, 4) is 0 Å². The number of hydrogen-bond acceptors (Lipinski definition) is 3. The van der Waals surface area contributed by atoms with Crippen LogP contribution in [0.25, 0.3) is 0 Å². The number of piperidine rings is 1. The second kappa shape index (κ2) is 8.06. The van der Waals surface area contributed by atoms with Crippen LogP contribution in [0, 0.1) is 0 Å². The molecule has 1 aromatic carbocycles. The average molecular weight is 327 g/mol. The Morgan fingerprint density at radius 3 is 2.67 bits per heavy atom. The highest BCUT2D eigenvalue weighted by atomic mass is 35.5. The van der Waals surface area contributed by atoms with E-state index in [4.69, 9.17) is 0 Å². The van der Waals surface area contributed by atoms with Crippen molar-refractivity contribution in [2.24, 2.45) is 0 Å².